The number of rotatable bonds is 3. The van der Waals surface area contributed by atoms with Crippen molar-refractivity contribution in [3.8, 4) is 11.5 Å². The lowest BCUT2D eigenvalue weighted by Gasteiger charge is -2.02. The van der Waals surface area contributed by atoms with Crippen LogP contribution < -0.4 is 14.3 Å². The summed E-state index contributed by atoms with van der Waals surface area (Å²) in [6.07, 6.45) is 1.78. The fourth-order valence-electron chi connectivity index (χ4n) is 2.95. The fourth-order valence-corrected chi connectivity index (χ4v) is 4.85. The minimum atomic E-state index is -0.347. The molecule has 0 saturated carbocycles. The second kappa shape index (κ2) is 6.33. The highest BCUT2D eigenvalue weighted by Gasteiger charge is 2.18. The van der Waals surface area contributed by atoms with Crippen LogP contribution in [0, 0.1) is 0 Å². The SMILES string of the molecule is C=CCn1c(=NC(=O)c2nc3ccccc3s2)sc2cc3c(cc21)OCO3. The molecular formula is C19H13N3O3S2. The van der Waals surface area contributed by atoms with E-state index in [-0.39, 0.29) is 12.7 Å². The van der Waals surface area contributed by atoms with Crippen molar-refractivity contribution < 1.29 is 14.3 Å². The zero-order valence-electron chi connectivity index (χ0n) is 14.0. The number of para-hydroxylation sites is 1. The number of fused-ring (bicyclic) bond motifs is 3. The molecule has 1 aliphatic heterocycles. The molecule has 1 amide bonds. The van der Waals surface area contributed by atoms with E-state index in [0.717, 1.165) is 20.4 Å². The predicted molar refractivity (Wildman–Crippen MR) is 106 cm³/mol. The monoisotopic (exact) mass is 395 g/mol. The lowest BCUT2D eigenvalue weighted by atomic mass is 10.3. The topological polar surface area (TPSA) is 65.7 Å². The molecule has 1 aliphatic rings. The van der Waals surface area contributed by atoms with Gasteiger partial charge < -0.3 is 14.0 Å². The van der Waals surface area contributed by atoms with Gasteiger partial charge in [-0.2, -0.15) is 4.99 Å². The third kappa shape index (κ3) is 2.73. The van der Waals surface area contributed by atoms with Crippen molar-refractivity contribution in [2.75, 3.05) is 6.79 Å². The van der Waals surface area contributed by atoms with Crippen molar-refractivity contribution in [1.82, 2.24) is 9.55 Å². The summed E-state index contributed by atoms with van der Waals surface area (Å²) >= 11 is 2.78. The molecule has 0 spiro atoms. The lowest BCUT2D eigenvalue weighted by Crippen LogP contribution is -2.16. The van der Waals surface area contributed by atoms with Crippen LogP contribution in [0.4, 0.5) is 0 Å². The number of thiazole rings is 2. The summed E-state index contributed by atoms with van der Waals surface area (Å²) in [6.45, 7) is 4.57. The Morgan fingerprint density at radius 3 is 2.85 bits per heavy atom. The molecule has 27 heavy (non-hydrogen) atoms. The molecule has 0 radical (unpaired) electrons. The molecular weight excluding hydrogens is 382 g/mol. The molecule has 8 heteroatoms. The molecule has 3 heterocycles. The van der Waals surface area contributed by atoms with Crippen molar-refractivity contribution in [3.05, 3.63) is 58.9 Å². The van der Waals surface area contributed by atoms with Gasteiger partial charge in [0.05, 0.1) is 20.4 Å². The van der Waals surface area contributed by atoms with Gasteiger partial charge in [-0.25, -0.2) is 4.98 Å². The van der Waals surface area contributed by atoms with E-state index in [9.17, 15) is 4.79 Å². The average molecular weight is 395 g/mol. The van der Waals surface area contributed by atoms with Crippen molar-refractivity contribution in [2.45, 2.75) is 6.54 Å². The minimum Gasteiger partial charge on any atom is -0.454 e. The second-order valence-corrected chi connectivity index (χ2v) is 7.90. The lowest BCUT2D eigenvalue weighted by molar-refractivity contribution is 0.0997. The quantitative estimate of drug-likeness (QED) is 0.493. The molecule has 2 aromatic heterocycles. The summed E-state index contributed by atoms with van der Waals surface area (Å²) in [4.78, 5) is 22.1. The van der Waals surface area contributed by atoms with E-state index < -0.39 is 0 Å². The van der Waals surface area contributed by atoms with Crippen LogP contribution in [0.25, 0.3) is 20.4 Å². The molecule has 2 aromatic carbocycles. The van der Waals surface area contributed by atoms with E-state index >= 15 is 0 Å². The van der Waals surface area contributed by atoms with Crippen LogP contribution in [0.2, 0.25) is 0 Å². The predicted octanol–water partition coefficient (Wildman–Crippen LogP) is 3.97. The van der Waals surface area contributed by atoms with Gasteiger partial charge in [0.1, 0.15) is 0 Å². The van der Waals surface area contributed by atoms with E-state index in [1.807, 2.05) is 41.0 Å². The highest BCUT2D eigenvalue weighted by molar-refractivity contribution is 7.20. The Morgan fingerprint density at radius 1 is 1.22 bits per heavy atom. The van der Waals surface area contributed by atoms with Crippen molar-refractivity contribution >= 4 is 49.0 Å². The Morgan fingerprint density at radius 2 is 2.04 bits per heavy atom. The van der Waals surface area contributed by atoms with Crippen molar-refractivity contribution in [2.24, 2.45) is 4.99 Å². The maximum Gasteiger partial charge on any atom is 0.308 e. The highest BCUT2D eigenvalue weighted by Crippen LogP contribution is 2.37. The van der Waals surface area contributed by atoms with Crippen LogP contribution in [0.5, 0.6) is 11.5 Å². The first-order valence-electron chi connectivity index (χ1n) is 8.21. The van der Waals surface area contributed by atoms with Gasteiger partial charge in [0, 0.05) is 18.7 Å². The summed E-state index contributed by atoms with van der Waals surface area (Å²) in [5, 5.41) is 0.382. The largest absolute Gasteiger partial charge is 0.454 e. The number of hydrogen-bond donors (Lipinski definition) is 0. The molecule has 0 saturated heterocycles. The second-order valence-electron chi connectivity index (χ2n) is 5.86. The van der Waals surface area contributed by atoms with Crippen LogP contribution in [0.1, 0.15) is 9.80 Å². The maximum atomic E-state index is 12.7. The molecule has 5 rings (SSSR count). The standard InChI is InChI=1S/C19H13N3O3S2/c1-2-7-22-12-8-13-14(25-10-24-13)9-16(12)27-19(22)21-17(23)18-20-11-5-3-4-6-15(11)26-18/h2-6,8-9H,1,7,10H2. The summed E-state index contributed by atoms with van der Waals surface area (Å²) in [5.74, 6) is 1.06. The van der Waals surface area contributed by atoms with Crippen LogP contribution in [-0.2, 0) is 6.54 Å². The zero-order chi connectivity index (χ0) is 18.4. The van der Waals surface area contributed by atoms with E-state index in [1.165, 1.54) is 22.7 Å². The Kier molecular flexibility index (Phi) is 3.80. The number of nitrogens with zero attached hydrogens (tertiary/aromatic N) is 3. The third-order valence-electron chi connectivity index (χ3n) is 4.16. The summed E-state index contributed by atoms with van der Waals surface area (Å²) < 4.78 is 14.8. The molecule has 0 N–H and O–H groups in total. The highest BCUT2D eigenvalue weighted by atomic mass is 32.1. The molecule has 0 fully saturated rings. The normalized spacial score (nSPS) is 13.6. The maximum absolute atomic E-state index is 12.7. The minimum absolute atomic E-state index is 0.224. The molecule has 4 aromatic rings. The summed E-state index contributed by atoms with van der Waals surface area (Å²) in [6, 6.07) is 11.5. The molecule has 6 nitrogen and oxygen atoms in total. The van der Waals surface area contributed by atoms with Gasteiger partial charge in [0.25, 0.3) is 0 Å². The van der Waals surface area contributed by atoms with E-state index in [0.29, 0.717) is 27.9 Å². The number of carbonyl (C=O) groups is 1. The number of benzene rings is 2. The van der Waals surface area contributed by atoms with E-state index in [4.69, 9.17) is 9.47 Å². The zero-order valence-corrected chi connectivity index (χ0v) is 15.7. The average Bonchev–Trinajstić information content (AvgIpc) is 3.37. The van der Waals surface area contributed by atoms with Crippen LogP contribution in [0.3, 0.4) is 0 Å². The van der Waals surface area contributed by atoms with Crippen LogP contribution >= 0.6 is 22.7 Å². The van der Waals surface area contributed by atoms with Crippen molar-refractivity contribution in [1.29, 1.82) is 0 Å². The number of ether oxygens (including phenoxy) is 2. The van der Waals surface area contributed by atoms with E-state index in [1.54, 1.807) is 6.08 Å². The smallest absolute Gasteiger partial charge is 0.308 e. The first-order valence-corrected chi connectivity index (χ1v) is 9.85. The number of aromatic nitrogens is 2. The number of allylic oxidation sites excluding steroid dienone is 1. The van der Waals surface area contributed by atoms with Gasteiger partial charge in [-0.1, -0.05) is 29.5 Å². The number of amides is 1. The molecule has 0 aliphatic carbocycles. The van der Waals surface area contributed by atoms with Gasteiger partial charge in [-0.15, -0.1) is 17.9 Å². The molecule has 0 atom stereocenters. The van der Waals surface area contributed by atoms with Gasteiger partial charge in [-0.3, -0.25) is 4.79 Å². The van der Waals surface area contributed by atoms with Gasteiger partial charge >= 0.3 is 5.91 Å². The van der Waals surface area contributed by atoms with Crippen molar-refractivity contribution in [3.63, 3.8) is 0 Å². The van der Waals surface area contributed by atoms with Gasteiger partial charge in [0.2, 0.25) is 6.79 Å². The Bertz CT molecular complexity index is 1250. The Labute approximate surface area is 161 Å². The first-order chi connectivity index (χ1) is 13.2. The Hall–Kier alpha value is -2.97. The third-order valence-corrected chi connectivity index (χ3v) is 6.23. The first kappa shape index (κ1) is 16.2. The molecule has 0 unspecified atom stereocenters. The van der Waals surface area contributed by atoms with Crippen LogP contribution in [0.15, 0.2) is 54.0 Å². The summed E-state index contributed by atoms with van der Waals surface area (Å²) in [5.41, 5.74) is 1.74. The molecule has 134 valence electrons. The number of hydrogen-bond acceptors (Lipinski definition) is 6. The summed E-state index contributed by atoms with van der Waals surface area (Å²) in [7, 11) is 0. The van der Waals surface area contributed by atoms with Gasteiger partial charge in [-0.05, 0) is 12.1 Å². The number of carbonyl (C=O) groups excluding carboxylic acids is 1. The Balaban J connectivity index is 1.65. The van der Waals surface area contributed by atoms with E-state index in [2.05, 4.69) is 16.6 Å². The molecule has 0 bridgehead atoms. The van der Waals surface area contributed by atoms with Gasteiger partial charge in [0.15, 0.2) is 21.3 Å². The van der Waals surface area contributed by atoms with Crippen LogP contribution in [-0.4, -0.2) is 22.3 Å². The fraction of sp³-hybridized carbons (Fsp3) is 0.105.